The van der Waals surface area contributed by atoms with Crippen molar-refractivity contribution in [3.8, 4) is 0 Å². The molecule has 4 saturated carbocycles. The number of nitrogens with one attached hydrogen (secondary N) is 1. The van der Waals surface area contributed by atoms with Crippen LogP contribution in [0.1, 0.15) is 75.5 Å². The molecule has 4 bridgehead atoms. The molecule has 1 N–H and O–H groups in total. The van der Waals surface area contributed by atoms with Gasteiger partial charge in [0.05, 0.1) is 25.8 Å². The van der Waals surface area contributed by atoms with Crippen LogP contribution in [0.3, 0.4) is 0 Å². The van der Waals surface area contributed by atoms with Crippen LogP contribution in [0.15, 0.2) is 24.3 Å². The lowest BCUT2D eigenvalue weighted by Crippen LogP contribution is -2.48. The number of hydrogen-bond donors (Lipinski definition) is 1. The number of nitrogens with zero attached hydrogens (tertiary/aromatic N) is 1. The normalized spacial score (nSPS) is 34.1. The fourth-order valence-corrected chi connectivity index (χ4v) is 7.35. The zero-order valence-corrected chi connectivity index (χ0v) is 18.6. The summed E-state index contributed by atoms with van der Waals surface area (Å²) in [6, 6.07) is 9.54. The number of amides is 1. The van der Waals surface area contributed by atoms with E-state index in [-0.39, 0.29) is 11.9 Å². The van der Waals surface area contributed by atoms with Crippen LogP contribution >= 0.6 is 0 Å². The van der Waals surface area contributed by atoms with Crippen LogP contribution in [0, 0.1) is 17.8 Å². The van der Waals surface area contributed by atoms with Crippen molar-refractivity contribution in [3.05, 3.63) is 35.4 Å². The van der Waals surface area contributed by atoms with Crippen molar-refractivity contribution < 1.29 is 9.53 Å². The van der Waals surface area contributed by atoms with Crippen molar-refractivity contribution >= 4 is 5.91 Å². The van der Waals surface area contributed by atoms with Gasteiger partial charge in [0.1, 0.15) is 0 Å². The van der Waals surface area contributed by atoms with Gasteiger partial charge in [-0.1, -0.05) is 37.6 Å². The predicted molar refractivity (Wildman–Crippen MR) is 119 cm³/mol. The number of carbonyl (C=O) groups excluding carboxylic acids is 1. The molecule has 5 fully saturated rings. The highest BCUT2D eigenvalue weighted by molar-refractivity contribution is 5.78. The standard InChI is InChI=1S/C26H38N2O2/c1-2-3-24(27-25(29)18-28-8-10-30-11-9-28)22-4-6-23(7-5-22)26-15-19-12-20(16-26)14-21(13-19)17-26/h4-7,19-21,24H,2-3,8-18H2,1H3,(H,27,29)/t19?,20?,21?,24-,26?/m1/s1. The van der Waals surface area contributed by atoms with Crippen LogP contribution in [0.4, 0.5) is 0 Å². The Bertz CT molecular complexity index is 703. The van der Waals surface area contributed by atoms with Gasteiger partial charge < -0.3 is 10.1 Å². The van der Waals surface area contributed by atoms with Crippen LogP contribution in [-0.4, -0.2) is 43.7 Å². The van der Waals surface area contributed by atoms with E-state index in [0.717, 1.165) is 56.9 Å². The molecule has 6 rings (SSSR count). The number of ether oxygens (including phenoxy) is 1. The van der Waals surface area contributed by atoms with E-state index in [4.69, 9.17) is 4.74 Å². The number of carbonyl (C=O) groups is 1. The van der Waals surface area contributed by atoms with Crippen LogP contribution in [0.5, 0.6) is 0 Å². The van der Waals surface area contributed by atoms with E-state index in [0.29, 0.717) is 12.0 Å². The molecule has 0 spiro atoms. The molecule has 0 aromatic heterocycles. The van der Waals surface area contributed by atoms with E-state index in [1.54, 1.807) is 5.56 Å². The highest BCUT2D eigenvalue weighted by Gasteiger charge is 2.51. The van der Waals surface area contributed by atoms with E-state index in [1.807, 2.05) is 0 Å². The SMILES string of the molecule is CCC[C@@H](NC(=O)CN1CCOCC1)c1ccc(C23CC4CC(CC(C4)C2)C3)cc1. The van der Waals surface area contributed by atoms with Crippen LogP contribution in [0.25, 0.3) is 0 Å². The maximum Gasteiger partial charge on any atom is 0.234 e. The van der Waals surface area contributed by atoms with Crippen molar-refractivity contribution in [1.29, 1.82) is 0 Å². The molecule has 0 radical (unpaired) electrons. The molecule has 1 aromatic rings. The van der Waals surface area contributed by atoms with E-state index >= 15 is 0 Å². The summed E-state index contributed by atoms with van der Waals surface area (Å²) < 4.78 is 5.40. The Kier molecular flexibility index (Phi) is 5.90. The van der Waals surface area contributed by atoms with Gasteiger partial charge in [0.2, 0.25) is 5.91 Å². The second-order valence-corrected chi connectivity index (χ2v) is 10.6. The van der Waals surface area contributed by atoms with Crippen LogP contribution in [0.2, 0.25) is 0 Å². The Morgan fingerprint density at radius 2 is 1.67 bits per heavy atom. The second-order valence-electron chi connectivity index (χ2n) is 10.6. The molecular formula is C26H38N2O2. The Hall–Kier alpha value is -1.39. The van der Waals surface area contributed by atoms with E-state index in [1.165, 1.54) is 44.1 Å². The molecule has 1 aliphatic heterocycles. The largest absolute Gasteiger partial charge is 0.379 e. The van der Waals surface area contributed by atoms with Gasteiger partial charge >= 0.3 is 0 Å². The fraction of sp³-hybridized carbons (Fsp3) is 0.731. The average Bonchev–Trinajstić information content (AvgIpc) is 2.73. The summed E-state index contributed by atoms with van der Waals surface area (Å²) in [6.07, 6.45) is 10.8. The first kappa shape index (κ1) is 20.5. The first-order chi connectivity index (χ1) is 14.6. The number of morpholine rings is 1. The zero-order valence-electron chi connectivity index (χ0n) is 18.6. The molecule has 4 aliphatic carbocycles. The molecule has 4 nitrogen and oxygen atoms in total. The molecule has 1 atom stereocenters. The first-order valence-electron chi connectivity index (χ1n) is 12.3. The third-order valence-electron chi connectivity index (χ3n) is 8.35. The molecule has 0 unspecified atom stereocenters. The van der Waals surface area contributed by atoms with Gasteiger partial charge in [0.25, 0.3) is 0 Å². The van der Waals surface area contributed by atoms with Crippen molar-refractivity contribution in [2.24, 2.45) is 17.8 Å². The van der Waals surface area contributed by atoms with Gasteiger partial charge in [-0.15, -0.1) is 0 Å². The van der Waals surface area contributed by atoms with Crippen molar-refractivity contribution in [2.45, 2.75) is 69.7 Å². The lowest BCUT2D eigenvalue weighted by atomic mass is 9.48. The minimum atomic E-state index is 0.119. The minimum Gasteiger partial charge on any atom is -0.379 e. The van der Waals surface area contributed by atoms with Crippen LogP contribution in [-0.2, 0) is 14.9 Å². The summed E-state index contributed by atoms with van der Waals surface area (Å²) in [6.45, 7) is 5.85. The van der Waals surface area contributed by atoms with Crippen molar-refractivity contribution in [3.63, 3.8) is 0 Å². The zero-order chi connectivity index (χ0) is 20.6. The van der Waals surface area contributed by atoms with Gasteiger partial charge in [0, 0.05) is 13.1 Å². The summed E-state index contributed by atoms with van der Waals surface area (Å²) in [5.74, 6) is 3.07. The van der Waals surface area contributed by atoms with Gasteiger partial charge in [-0.3, -0.25) is 9.69 Å². The highest BCUT2D eigenvalue weighted by Crippen LogP contribution is 2.60. The molecule has 1 saturated heterocycles. The summed E-state index contributed by atoms with van der Waals surface area (Å²) in [4.78, 5) is 14.9. The lowest BCUT2D eigenvalue weighted by molar-refractivity contribution is -0.124. The van der Waals surface area contributed by atoms with E-state index in [9.17, 15) is 4.79 Å². The fourth-order valence-electron chi connectivity index (χ4n) is 7.35. The summed E-state index contributed by atoms with van der Waals surface area (Å²) in [5.41, 5.74) is 3.29. The number of benzene rings is 1. The smallest absolute Gasteiger partial charge is 0.234 e. The first-order valence-corrected chi connectivity index (χ1v) is 12.3. The quantitative estimate of drug-likeness (QED) is 0.722. The Labute approximate surface area is 181 Å². The lowest BCUT2D eigenvalue weighted by Gasteiger charge is -2.57. The summed E-state index contributed by atoms with van der Waals surface area (Å²) >= 11 is 0. The van der Waals surface area contributed by atoms with Gasteiger partial charge in [-0.2, -0.15) is 0 Å². The summed E-state index contributed by atoms with van der Waals surface area (Å²) in [5, 5.41) is 3.31. The molecule has 5 aliphatic rings. The Morgan fingerprint density at radius 1 is 1.07 bits per heavy atom. The van der Waals surface area contributed by atoms with E-state index < -0.39 is 0 Å². The second kappa shape index (κ2) is 8.63. The van der Waals surface area contributed by atoms with Crippen LogP contribution < -0.4 is 5.32 Å². The monoisotopic (exact) mass is 410 g/mol. The topological polar surface area (TPSA) is 41.6 Å². The maximum absolute atomic E-state index is 12.7. The highest BCUT2D eigenvalue weighted by atomic mass is 16.5. The summed E-state index contributed by atoms with van der Waals surface area (Å²) in [7, 11) is 0. The molecular weight excluding hydrogens is 372 g/mol. The third-order valence-corrected chi connectivity index (χ3v) is 8.35. The number of rotatable bonds is 7. The van der Waals surface area contributed by atoms with Gasteiger partial charge in [0.15, 0.2) is 0 Å². The number of hydrogen-bond acceptors (Lipinski definition) is 3. The molecule has 1 amide bonds. The molecule has 1 aromatic carbocycles. The maximum atomic E-state index is 12.7. The van der Waals surface area contributed by atoms with Crippen molar-refractivity contribution in [1.82, 2.24) is 10.2 Å². The van der Waals surface area contributed by atoms with Gasteiger partial charge in [-0.05, 0) is 79.2 Å². The Morgan fingerprint density at radius 3 is 2.23 bits per heavy atom. The average molecular weight is 411 g/mol. The minimum absolute atomic E-state index is 0.119. The Balaban J connectivity index is 1.26. The molecule has 1 heterocycles. The molecule has 164 valence electrons. The van der Waals surface area contributed by atoms with Gasteiger partial charge in [-0.25, -0.2) is 0 Å². The molecule has 30 heavy (non-hydrogen) atoms. The predicted octanol–water partition coefficient (Wildman–Crippen LogP) is 4.44. The van der Waals surface area contributed by atoms with E-state index in [2.05, 4.69) is 41.4 Å². The van der Waals surface area contributed by atoms with Crippen molar-refractivity contribution in [2.75, 3.05) is 32.8 Å². The third kappa shape index (κ3) is 4.18. The molecule has 4 heteroatoms.